The predicted molar refractivity (Wildman–Crippen MR) is 58.4 cm³/mol. The highest BCUT2D eigenvalue weighted by Crippen LogP contribution is 2.40. The van der Waals surface area contributed by atoms with Gasteiger partial charge in [-0.15, -0.1) is 0 Å². The van der Waals surface area contributed by atoms with Gasteiger partial charge in [0, 0.05) is 6.04 Å². The summed E-state index contributed by atoms with van der Waals surface area (Å²) in [5.74, 6) is 0.886. The first-order chi connectivity index (χ1) is 6.93. The Balaban J connectivity index is 1.85. The fraction of sp³-hybridized carbons (Fsp3) is 0.538. The summed E-state index contributed by atoms with van der Waals surface area (Å²) in [5, 5.41) is 3.56. The van der Waals surface area contributed by atoms with E-state index in [2.05, 4.69) is 29.6 Å². The lowest BCUT2D eigenvalue weighted by Gasteiger charge is -2.11. The molecule has 1 saturated carbocycles. The number of rotatable bonds is 2. The topological polar surface area (TPSA) is 12.0 Å². The molecule has 1 unspecified atom stereocenters. The minimum Gasteiger partial charge on any atom is -0.310 e. The van der Waals surface area contributed by atoms with Crippen LogP contribution in [0.1, 0.15) is 48.8 Å². The summed E-state index contributed by atoms with van der Waals surface area (Å²) in [6.07, 6.45) is 5.45. The smallest absolute Gasteiger partial charge is 0.0320 e. The molecule has 1 atom stereocenters. The van der Waals surface area contributed by atoms with Crippen LogP contribution in [-0.2, 0) is 0 Å². The monoisotopic (exact) mass is 187 g/mol. The van der Waals surface area contributed by atoms with E-state index in [9.17, 15) is 0 Å². The summed E-state index contributed by atoms with van der Waals surface area (Å²) in [7, 11) is 0. The number of hydrogen-bond acceptors (Lipinski definition) is 1. The van der Waals surface area contributed by atoms with Gasteiger partial charge in [-0.05, 0) is 49.3 Å². The first-order valence-corrected chi connectivity index (χ1v) is 5.77. The zero-order valence-corrected chi connectivity index (χ0v) is 8.50. The fourth-order valence-corrected chi connectivity index (χ4v) is 2.42. The average molecular weight is 187 g/mol. The maximum absolute atomic E-state index is 3.56. The molecule has 1 aliphatic heterocycles. The standard InChI is InChI=1S/C13H17N/c1-3-11(10-6-7-10)9-12(4-1)13-5-2-8-14-13/h1,3-4,9-10,13-14H,2,5-8H2. The lowest BCUT2D eigenvalue weighted by molar-refractivity contribution is 0.647. The van der Waals surface area contributed by atoms with Crippen LogP contribution in [-0.4, -0.2) is 6.54 Å². The molecule has 1 aliphatic carbocycles. The molecule has 1 heteroatoms. The molecule has 1 aromatic rings. The van der Waals surface area contributed by atoms with Crippen molar-refractivity contribution in [3.8, 4) is 0 Å². The predicted octanol–water partition coefficient (Wildman–Crippen LogP) is 2.99. The average Bonchev–Trinajstić information content (AvgIpc) is 2.94. The van der Waals surface area contributed by atoms with E-state index in [1.54, 1.807) is 5.56 Å². The van der Waals surface area contributed by atoms with Crippen LogP contribution in [0, 0.1) is 0 Å². The molecule has 2 fully saturated rings. The van der Waals surface area contributed by atoms with Crippen molar-refractivity contribution in [3.05, 3.63) is 35.4 Å². The van der Waals surface area contributed by atoms with Crippen molar-refractivity contribution in [3.63, 3.8) is 0 Å². The first-order valence-electron chi connectivity index (χ1n) is 5.77. The second-order valence-corrected chi connectivity index (χ2v) is 4.59. The Morgan fingerprint density at radius 1 is 1.07 bits per heavy atom. The van der Waals surface area contributed by atoms with E-state index >= 15 is 0 Å². The Kier molecular flexibility index (Phi) is 2.06. The highest BCUT2D eigenvalue weighted by Gasteiger charge is 2.24. The molecule has 1 N–H and O–H groups in total. The summed E-state index contributed by atoms with van der Waals surface area (Å²) in [5.41, 5.74) is 3.07. The SMILES string of the molecule is c1cc(C2CC2)cc(C2CCCN2)c1. The second-order valence-electron chi connectivity index (χ2n) is 4.59. The third-order valence-electron chi connectivity index (χ3n) is 3.42. The van der Waals surface area contributed by atoms with E-state index in [4.69, 9.17) is 0 Å². The molecule has 2 aliphatic rings. The van der Waals surface area contributed by atoms with Crippen LogP contribution < -0.4 is 5.32 Å². The molecular formula is C13H17N. The third kappa shape index (κ3) is 1.57. The Labute approximate surface area is 85.5 Å². The van der Waals surface area contributed by atoms with Crippen molar-refractivity contribution in [1.29, 1.82) is 0 Å². The van der Waals surface area contributed by atoms with Crippen molar-refractivity contribution >= 4 is 0 Å². The van der Waals surface area contributed by atoms with Crippen molar-refractivity contribution in [1.82, 2.24) is 5.32 Å². The van der Waals surface area contributed by atoms with Gasteiger partial charge >= 0.3 is 0 Å². The zero-order valence-electron chi connectivity index (χ0n) is 8.50. The summed E-state index contributed by atoms with van der Waals surface area (Å²) in [4.78, 5) is 0. The molecule has 74 valence electrons. The second kappa shape index (κ2) is 3.39. The summed E-state index contributed by atoms with van der Waals surface area (Å²) in [6, 6.07) is 9.84. The first kappa shape index (κ1) is 8.49. The zero-order chi connectivity index (χ0) is 9.38. The van der Waals surface area contributed by atoms with Crippen LogP contribution in [0.15, 0.2) is 24.3 Å². The van der Waals surface area contributed by atoms with Gasteiger partial charge in [0.2, 0.25) is 0 Å². The van der Waals surface area contributed by atoms with Gasteiger partial charge in [0.25, 0.3) is 0 Å². The summed E-state index contributed by atoms with van der Waals surface area (Å²) >= 11 is 0. The van der Waals surface area contributed by atoms with E-state index in [1.165, 1.54) is 37.8 Å². The van der Waals surface area contributed by atoms with Crippen molar-refractivity contribution in [2.75, 3.05) is 6.54 Å². The number of hydrogen-bond donors (Lipinski definition) is 1. The molecule has 1 nitrogen and oxygen atoms in total. The molecule has 14 heavy (non-hydrogen) atoms. The molecule has 1 heterocycles. The van der Waals surface area contributed by atoms with E-state index in [-0.39, 0.29) is 0 Å². The van der Waals surface area contributed by atoms with E-state index in [0.29, 0.717) is 6.04 Å². The van der Waals surface area contributed by atoms with E-state index < -0.39 is 0 Å². The highest BCUT2D eigenvalue weighted by atomic mass is 14.9. The van der Waals surface area contributed by atoms with Gasteiger partial charge < -0.3 is 5.32 Å². The van der Waals surface area contributed by atoms with Gasteiger partial charge in [-0.25, -0.2) is 0 Å². The molecule has 0 amide bonds. The van der Waals surface area contributed by atoms with Crippen LogP contribution >= 0.6 is 0 Å². The lowest BCUT2D eigenvalue weighted by atomic mass is 10.0. The van der Waals surface area contributed by atoms with Crippen molar-refractivity contribution in [2.24, 2.45) is 0 Å². The van der Waals surface area contributed by atoms with Gasteiger partial charge in [-0.2, -0.15) is 0 Å². The number of nitrogens with one attached hydrogen (secondary N) is 1. The minimum atomic E-state index is 0.633. The highest BCUT2D eigenvalue weighted by molar-refractivity contribution is 5.31. The minimum absolute atomic E-state index is 0.633. The summed E-state index contributed by atoms with van der Waals surface area (Å²) in [6.45, 7) is 1.19. The largest absolute Gasteiger partial charge is 0.310 e. The van der Waals surface area contributed by atoms with Crippen LogP contribution in [0.2, 0.25) is 0 Å². The molecule has 0 radical (unpaired) electrons. The fourth-order valence-electron chi connectivity index (χ4n) is 2.42. The van der Waals surface area contributed by atoms with E-state index in [1.807, 2.05) is 0 Å². The van der Waals surface area contributed by atoms with Crippen LogP contribution in [0.25, 0.3) is 0 Å². The molecule has 3 rings (SSSR count). The maximum atomic E-state index is 3.56. The summed E-state index contributed by atoms with van der Waals surface area (Å²) < 4.78 is 0. The van der Waals surface area contributed by atoms with Gasteiger partial charge in [0.1, 0.15) is 0 Å². The maximum Gasteiger partial charge on any atom is 0.0320 e. The normalized spacial score (nSPS) is 26.7. The molecule has 0 spiro atoms. The quantitative estimate of drug-likeness (QED) is 0.750. The van der Waals surface area contributed by atoms with E-state index in [0.717, 1.165) is 5.92 Å². The van der Waals surface area contributed by atoms with Gasteiger partial charge in [-0.1, -0.05) is 24.3 Å². The number of benzene rings is 1. The van der Waals surface area contributed by atoms with Gasteiger partial charge in [-0.3, -0.25) is 0 Å². The Morgan fingerprint density at radius 3 is 2.64 bits per heavy atom. The Hall–Kier alpha value is -0.820. The third-order valence-corrected chi connectivity index (χ3v) is 3.42. The van der Waals surface area contributed by atoms with Gasteiger partial charge in [0.05, 0.1) is 0 Å². The Bertz CT molecular complexity index is 322. The van der Waals surface area contributed by atoms with Crippen LogP contribution in [0.5, 0.6) is 0 Å². The molecular weight excluding hydrogens is 170 g/mol. The molecule has 1 saturated heterocycles. The molecule has 0 bridgehead atoms. The molecule has 0 aromatic heterocycles. The molecule has 1 aromatic carbocycles. The van der Waals surface area contributed by atoms with Crippen LogP contribution in [0.4, 0.5) is 0 Å². The van der Waals surface area contributed by atoms with Crippen LogP contribution in [0.3, 0.4) is 0 Å². The van der Waals surface area contributed by atoms with Crippen molar-refractivity contribution in [2.45, 2.75) is 37.6 Å². The Morgan fingerprint density at radius 2 is 1.93 bits per heavy atom. The van der Waals surface area contributed by atoms with Crippen molar-refractivity contribution < 1.29 is 0 Å². The lowest BCUT2D eigenvalue weighted by Crippen LogP contribution is -2.12. The van der Waals surface area contributed by atoms with Gasteiger partial charge in [0.15, 0.2) is 0 Å².